The first-order valence-electron chi connectivity index (χ1n) is 5.73. The zero-order chi connectivity index (χ0) is 12.7. The predicted octanol–water partition coefficient (Wildman–Crippen LogP) is 2.82. The molecule has 0 aromatic heterocycles. The first-order chi connectivity index (χ1) is 8.17. The topological polar surface area (TPSA) is 52.0 Å². The summed E-state index contributed by atoms with van der Waals surface area (Å²) >= 11 is 0. The quantitative estimate of drug-likeness (QED) is 0.830. The van der Waals surface area contributed by atoms with Gasteiger partial charge in [0.05, 0.1) is 0 Å². The van der Waals surface area contributed by atoms with Crippen LogP contribution in [-0.4, -0.2) is 6.04 Å². The van der Waals surface area contributed by atoms with Crippen molar-refractivity contribution in [2.24, 2.45) is 11.5 Å². The smallest absolute Gasteiger partial charge is 0.00509 e. The summed E-state index contributed by atoms with van der Waals surface area (Å²) in [7, 11) is 0. The molecule has 0 bridgehead atoms. The van der Waals surface area contributed by atoms with Gasteiger partial charge in [0.25, 0.3) is 0 Å². The van der Waals surface area contributed by atoms with E-state index in [1.807, 2.05) is 6.92 Å². The van der Waals surface area contributed by atoms with E-state index in [1.165, 1.54) is 22.5 Å². The van der Waals surface area contributed by atoms with E-state index >= 15 is 0 Å². The highest BCUT2D eigenvalue weighted by molar-refractivity contribution is 5.82. The number of rotatable bonds is 2. The molecule has 1 unspecified atom stereocenters. The van der Waals surface area contributed by atoms with Crippen LogP contribution in [0.3, 0.4) is 0 Å². The first-order valence-corrected chi connectivity index (χ1v) is 5.73. The summed E-state index contributed by atoms with van der Waals surface area (Å²) in [5.41, 5.74) is 11.7. The minimum Gasteiger partial charge on any atom is -0.405 e. The van der Waals surface area contributed by atoms with Crippen molar-refractivity contribution in [1.29, 1.82) is 0 Å². The van der Waals surface area contributed by atoms with E-state index in [0.29, 0.717) is 0 Å². The third-order valence-electron chi connectivity index (χ3n) is 2.37. The van der Waals surface area contributed by atoms with Gasteiger partial charge < -0.3 is 11.5 Å². The molecule has 2 nitrogen and oxygen atoms in total. The minimum absolute atomic E-state index is 0.233. The second kappa shape index (κ2) is 6.71. The molecule has 2 rings (SSSR count). The van der Waals surface area contributed by atoms with Gasteiger partial charge in [0.2, 0.25) is 0 Å². The molecule has 0 saturated heterocycles. The van der Waals surface area contributed by atoms with Gasteiger partial charge in [-0.05, 0) is 35.9 Å². The molecule has 0 spiro atoms. The van der Waals surface area contributed by atoms with Gasteiger partial charge in [-0.15, -0.1) is 0 Å². The third kappa shape index (κ3) is 4.29. The van der Waals surface area contributed by atoms with Crippen molar-refractivity contribution >= 4 is 10.8 Å². The van der Waals surface area contributed by atoms with Crippen molar-refractivity contribution in [1.82, 2.24) is 0 Å². The van der Waals surface area contributed by atoms with E-state index in [9.17, 15) is 0 Å². The Hall–Kier alpha value is -1.80. The van der Waals surface area contributed by atoms with Crippen LogP contribution in [0.4, 0.5) is 0 Å². The molecule has 0 aliphatic rings. The van der Waals surface area contributed by atoms with Crippen molar-refractivity contribution in [2.75, 3.05) is 0 Å². The molecule has 2 aromatic carbocycles. The number of nitrogens with two attached hydrogens (primary N) is 2. The molecule has 1 atom stereocenters. The van der Waals surface area contributed by atoms with Crippen LogP contribution in [0.2, 0.25) is 0 Å². The first kappa shape index (κ1) is 13.3. The second-order valence-electron chi connectivity index (χ2n) is 4.10. The number of fused-ring (bicyclic) bond motifs is 1. The van der Waals surface area contributed by atoms with Crippen LogP contribution in [0.5, 0.6) is 0 Å². The molecule has 0 radical (unpaired) electrons. The monoisotopic (exact) mass is 228 g/mol. The zero-order valence-corrected chi connectivity index (χ0v) is 10.3. The Morgan fingerprint density at radius 3 is 2.35 bits per heavy atom. The van der Waals surface area contributed by atoms with Crippen LogP contribution in [0.15, 0.2) is 55.2 Å². The maximum Gasteiger partial charge on any atom is 0.00509 e. The highest BCUT2D eigenvalue weighted by Gasteiger charge is 1.98. The Morgan fingerprint density at radius 1 is 1.18 bits per heavy atom. The average molecular weight is 228 g/mol. The molecule has 2 aromatic rings. The number of hydrogen-bond acceptors (Lipinski definition) is 2. The third-order valence-corrected chi connectivity index (χ3v) is 2.37. The van der Waals surface area contributed by atoms with Gasteiger partial charge in [0, 0.05) is 6.04 Å². The molecular weight excluding hydrogens is 208 g/mol. The summed E-state index contributed by atoms with van der Waals surface area (Å²) in [5.74, 6) is 0. The maximum atomic E-state index is 5.77. The molecule has 0 saturated carbocycles. The van der Waals surface area contributed by atoms with Crippen molar-refractivity contribution in [3.05, 3.63) is 60.8 Å². The van der Waals surface area contributed by atoms with Crippen molar-refractivity contribution in [3.63, 3.8) is 0 Å². The summed E-state index contributed by atoms with van der Waals surface area (Å²) in [6, 6.07) is 15.2. The summed E-state index contributed by atoms with van der Waals surface area (Å²) < 4.78 is 0. The molecule has 0 amide bonds. The lowest BCUT2D eigenvalue weighted by Crippen LogP contribution is -2.17. The standard InChI is InChI=1S/C13H15N.C2H5N/c1-10(14)8-11-6-7-12-4-2-3-5-13(12)9-11;1-2-3/h2-7,9-10H,8,14H2,1H3;2H,1,3H2. The van der Waals surface area contributed by atoms with Crippen LogP contribution >= 0.6 is 0 Å². The van der Waals surface area contributed by atoms with Crippen LogP contribution < -0.4 is 11.5 Å². The van der Waals surface area contributed by atoms with Gasteiger partial charge in [0.15, 0.2) is 0 Å². The number of hydrogen-bond donors (Lipinski definition) is 2. The molecule has 0 heterocycles. The van der Waals surface area contributed by atoms with E-state index in [0.717, 1.165) is 6.42 Å². The fourth-order valence-electron chi connectivity index (χ4n) is 1.74. The largest absolute Gasteiger partial charge is 0.405 e. The molecule has 0 aliphatic carbocycles. The fourth-order valence-corrected chi connectivity index (χ4v) is 1.74. The van der Waals surface area contributed by atoms with Gasteiger partial charge in [-0.3, -0.25) is 0 Å². The van der Waals surface area contributed by atoms with E-state index in [2.05, 4.69) is 54.8 Å². The summed E-state index contributed by atoms with van der Waals surface area (Å²) in [5, 5.41) is 2.59. The maximum absolute atomic E-state index is 5.77. The van der Waals surface area contributed by atoms with Gasteiger partial charge in [-0.25, -0.2) is 0 Å². The molecule has 4 N–H and O–H groups in total. The van der Waals surface area contributed by atoms with Crippen molar-refractivity contribution < 1.29 is 0 Å². The van der Waals surface area contributed by atoms with Gasteiger partial charge in [0.1, 0.15) is 0 Å². The minimum atomic E-state index is 0.233. The van der Waals surface area contributed by atoms with Crippen LogP contribution in [0.25, 0.3) is 10.8 Å². The molecule has 0 fully saturated rings. The summed E-state index contributed by atoms with van der Waals surface area (Å²) in [6.45, 7) is 5.18. The van der Waals surface area contributed by atoms with Gasteiger partial charge >= 0.3 is 0 Å². The predicted molar refractivity (Wildman–Crippen MR) is 75.7 cm³/mol. The molecular formula is C15H20N2. The SMILES string of the molecule is C=CN.CC(N)Cc1ccc2ccccc2c1. The Labute approximate surface area is 103 Å². The van der Waals surface area contributed by atoms with E-state index in [1.54, 1.807) is 0 Å². The van der Waals surface area contributed by atoms with Crippen LogP contribution in [0.1, 0.15) is 12.5 Å². The van der Waals surface area contributed by atoms with Crippen LogP contribution in [0, 0.1) is 0 Å². The zero-order valence-electron chi connectivity index (χ0n) is 10.3. The van der Waals surface area contributed by atoms with Crippen molar-refractivity contribution in [2.45, 2.75) is 19.4 Å². The number of benzene rings is 2. The van der Waals surface area contributed by atoms with Crippen molar-refractivity contribution in [3.8, 4) is 0 Å². The van der Waals surface area contributed by atoms with E-state index < -0.39 is 0 Å². The lowest BCUT2D eigenvalue weighted by molar-refractivity contribution is 0.739. The highest BCUT2D eigenvalue weighted by atomic mass is 14.6. The molecule has 0 aliphatic heterocycles. The Kier molecular flexibility index (Phi) is 5.24. The lowest BCUT2D eigenvalue weighted by atomic mass is 10.0. The highest BCUT2D eigenvalue weighted by Crippen LogP contribution is 2.16. The van der Waals surface area contributed by atoms with Gasteiger partial charge in [-0.2, -0.15) is 0 Å². The fraction of sp³-hybridized carbons (Fsp3) is 0.200. The molecule has 2 heteroatoms. The summed E-state index contributed by atoms with van der Waals surface area (Å²) in [6.07, 6.45) is 2.20. The Balaban J connectivity index is 0.000000437. The van der Waals surface area contributed by atoms with Gasteiger partial charge in [-0.1, -0.05) is 49.0 Å². The molecule has 90 valence electrons. The Morgan fingerprint density at radius 2 is 1.76 bits per heavy atom. The Bertz CT molecular complexity index is 475. The lowest BCUT2D eigenvalue weighted by Gasteiger charge is -2.06. The van der Waals surface area contributed by atoms with Crippen LogP contribution in [-0.2, 0) is 6.42 Å². The second-order valence-corrected chi connectivity index (χ2v) is 4.10. The summed E-state index contributed by atoms with van der Waals surface area (Å²) in [4.78, 5) is 0. The van der Waals surface area contributed by atoms with E-state index in [4.69, 9.17) is 5.73 Å². The molecule has 17 heavy (non-hydrogen) atoms. The normalized spacial score (nSPS) is 11.4. The average Bonchev–Trinajstić information content (AvgIpc) is 2.29. The van der Waals surface area contributed by atoms with E-state index in [-0.39, 0.29) is 6.04 Å².